The second-order valence-corrected chi connectivity index (χ2v) is 7.23. The Balaban J connectivity index is 2.14. The van der Waals surface area contributed by atoms with E-state index in [4.69, 9.17) is 5.73 Å². The number of benzene rings is 2. The van der Waals surface area contributed by atoms with Gasteiger partial charge >= 0.3 is 11.8 Å². The lowest BCUT2D eigenvalue weighted by atomic mass is 9.92. The highest BCUT2D eigenvalue weighted by Crippen LogP contribution is 2.18. The van der Waals surface area contributed by atoms with Crippen molar-refractivity contribution in [2.75, 3.05) is 5.32 Å². The first kappa shape index (κ1) is 23.5. The number of rotatable bonds is 8. The van der Waals surface area contributed by atoms with Crippen molar-refractivity contribution in [2.45, 2.75) is 33.6 Å². The molecule has 4 N–H and O–H groups in total. The van der Waals surface area contributed by atoms with E-state index in [1.807, 2.05) is 32.0 Å². The fourth-order valence-electron chi connectivity index (χ4n) is 2.88. The molecular weight excluding hydrogens is 396 g/mol. The van der Waals surface area contributed by atoms with Crippen molar-refractivity contribution < 1.29 is 19.2 Å². The van der Waals surface area contributed by atoms with Crippen LogP contribution in [0.4, 0.5) is 5.69 Å². The maximum Gasteiger partial charge on any atom is 0.329 e. The van der Waals surface area contributed by atoms with Crippen molar-refractivity contribution in [3.05, 3.63) is 65.2 Å². The van der Waals surface area contributed by atoms with Crippen molar-refractivity contribution in [3.8, 4) is 0 Å². The van der Waals surface area contributed by atoms with Gasteiger partial charge in [-0.2, -0.15) is 5.10 Å². The van der Waals surface area contributed by atoms with Crippen molar-refractivity contribution in [3.63, 3.8) is 0 Å². The molecule has 2 aromatic carbocycles. The van der Waals surface area contributed by atoms with Crippen molar-refractivity contribution in [2.24, 2.45) is 16.8 Å². The third-order valence-electron chi connectivity index (χ3n) is 4.75. The number of nitrogens with zero attached hydrogens (tertiary/aromatic N) is 1. The van der Waals surface area contributed by atoms with Crippen LogP contribution < -0.4 is 16.5 Å². The maximum atomic E-state index is 12.8. The second-order valence-electron chi connectivity index (χ2n) is 7.23. The highest BCUT2D eigenvalue weighted by Gasteiger charge is 2.22. The van der Waals surface area contributed by atoms with Crippen LogP contribution in [-0.4, -0.2) is 29.2 Å². The number of amides is 3. The van der Waals surface area contributed by atoms with E-state index in [0.717, 1.165) is 11.1 Å². The Bertz CT molecular complexity index is 1020. The quantitative estimate of drug-likeness (QED) is 0.261. The van der Waals surface area contributed by atoms with Gasteiger partial charge in [0.2, 0.25) is 5.91 Å². The van der Waals surface area contributed by atoms with E-state index in [-0.39, 0.29) is 30.2 Å². The molecule has 0 unspecified atom stereocenters. The molecule has 8 heteroatoms. The number of carbonyl (C=O) groups excluding carboxylic acids is 4. The molecule has 2 rings (SSSR count). The number of nitrogens with one attached hydrogen (secondary N) is 2. The van der Waals surface area contributed by atoms with Gasteiger partial charge in [-0.25, -0.2) is 5.43 Å². The van der Waals surface area contributed by atoms with E-state index in [1.165, 1.54) is 0 Å². The van der Waals surface area contributed by atoms with E-state index in [2.05, 4.69) is 15.8 Å². The molecule has 0 aromatic heterocycles. The van der Waals surface area contributed by atoms with Gasteiger partial charge in [0, 0.05) is 23.4 Å². The summed E-state index contributed by atoms with van der Waals surface area (Å²) >= 11 is 0. The van der Waals surface area contributed by atoms with Gasteiger partial charge in [-0.15, -0.1) is 0 Å². The molecule has 0 bridgehead atoms. The van der Waals surface area contributed by atoms with Crippen molar-refractivity contribution in [1.82, 2.24) is 5.43 Å². The van der Waals surface area contributed by atoms with Crippen LogP contribution in [0, 0.1) is 19.8 Å². The second kappa shape index (κ2) is 10.8. The molecule has 0 radical (unpaired) electrons. The zero-order valence-corrected chi connectivity index (χ0v) is 17.8. The van der Waals surface area contributed by atoms with Crippen molar-refractivity contribution in [1.29, 1.82) is 0 Å². The van der Waals surface area contributed by atoms with E-state index < -0.39 is 17.7 Å². The van der Waals surface area contributed by atoms with Gasteiger partial charge < -0.3 is 11.1 Å². The van der Waals surface area contributed by atoms with E-state index in [1.54, 1.807) is 37.3 Å². The van der Waals surface area contributed by atoms with Crippen LogP contribution in [0.5, 0.6) is 0 Å². The fraction of sp³-hybridized carbons (Fsp3) is 0.261. The monoisotopic (exact) mass is 422 g/mol. The van der Waals surface area contributed by atoms with E-state index in [9.17, 15) is 19.2 Å². The Kier molecular flexibility index (Phi) is 8.19. The molecule has 31 heavy (non-hydrogen) atoms. The molecule has 2 aromatic rings. The first-order chi connectivity index (χ1) is 14.7. The zero-order valence-electron chi connectivity index (χ0n) is 17.8. The average Bonchev–Trinajstić information content (AvgIpc) is 2.75. The summed E-state index contributed by atoms with van der Waals surface area (Å²) in [5.74, 6) is -3.50. The topological polar surface area (TPSA) is 131 Å². The molecule has 0 heterocycles. The van der Waals surface area contributed by atoms with Crippen LogP contribution in [0.2, 0.25) is 0 Å². The Morgan fingerprint density at radius 3 is 2.32 bits per heavy atom. The molecule has 1 atom stereocenters. The number of primary amides is 1. The Labute approximate surface area is 180 Å². The minimum absolute atomic E-state index is 0.0328. The number of carbonyl (C=O) groups is 4. The summed E-state index contributed by atoms with van der Waals surface area (Å²) in [5, 5.41) is 6.77. The summed E-state index contributed by atoms with van der Waals surface area (Å²) in [6.07, 6.45) is 0.139. The Hall–Kier alpha value is -3.81. The average molecular weight is 422 g/mol. The lowest BCUT2D eigenvalue weighted by Gasteiger charge is -2.15. The molecular formula is C23H26N4O4. The SMILES string of the molecule is Cc1ccc(C)c(NC(=O)CC/C(=N/NC(=O)C(N)=O)[C@@H](C)C(=O)c2ccccc2)c1. The van der Waals surface area contributed by atoms with Crippen molar-refractivity contribution >= 4 is 34.9 Å². The summed E-state index contributed by atoms with van der Waals surface area (Å²) in [5.41, 5.74) is 10.4. The predicted molar refractivity (Wildman–Crippen MR) is 118 cm³/mol. The zero-order chi connectivity index (χ0) is 23.0. The minimum atomic E-state index is -1.20. The number of ketones is 1. The van der Waals surface area contributed by atoms with Gasteiger partial charge in [-0.3, -0.25) is 19.2 Å². The highest BCUT2D eigenvalue weighted by molar-refractivity contribution is 6.34. The van der Waals surface area contributed by atoms with Crippen LogP contribution >= 0.6 is 0 Å². The van der Waals surface area contributed by atoms with Gasteiger partial charge in [0.15, 0.2) is 5.78 Å². The molecule has 0 saturated heterocycles. The number of hydrogen-bond donors (Lipinski definition) is 3. The summed E-state index contributed by atoms with van der Waals surface area (Å²) < 4.78 is 0. The molecule has 0 aliphatic carbocycles. The van der Waals surface area contributed by atoms with Gasteiger partial charge in [-0.05, 0) is 44.4 Å². The summed E-state index contributed by atoms with van der Waals surface area (Å²) in [7, 11) is 0. The molecule has 0 aliphatic heterocycles. The van der Waals surface area contributed by atoms with Gasteiger partial charge in [0.25, 0.3) is 0 Å². The number of anilines is 1. The van der Waals surface area contributed by atoms with E-state index in [0.29, 0.717) is 11.3 Å². The number of hydrogen-bond acceptors (Lipinski definition) is 5. The van der Waals surface area contributed by atoms with Gasteiger partial charge in [-0.1, -0.05) is 42.5 Å². The van der Waals surface area contributed by atoms with E-state index >= 15 is 0 Å². The third-order valence-corrected chi connectivity index (χ3v) is 4.75. The number of hydrazone groups is 1. The molecule has 162 valence electrons. The van der Waals surface area contributed by atoms with Crippen LogP contribution in [0.1, 0.15) is 41.3 Å². The van der Waals surface area contributed by atoms with Gasteiger partial charge in [0.1, 0.15) is 0 Å². The van der Waals surface area contributed by atoms with Crippen LogP contribution in [0.25, 0.3) is 0 Å². The maximum absolute atomic E-state index is 12.8. The van der Waals surface area contributed by atoms with Gasteiger partial charge in [0.05, 0.1) is 5.92 Å². The highest BCUT2D eigenvalue weighted by atomic mass is 16.2. The molecule has 0 spiro atoms. The molecule has 0 aliphatic rings. The van der Waals surface area contributed by atoms with Crippen LogP contribution in [-0.2, 0) is 14.4 Å². The lowest BCUT2D eigenvalue weighted by molar-refractivity contribution is -0.137. The lowest BCUT2D eigenvalue weighted by Crippen LogP contribution is -2.35. The number of Topliss-reactive ketones (excluding diaryl/α,β-unsaturated/α-hetero) is 1. The Morgan fingerprint density at radius 1 is 1.00 bits per heavy atom. The van der Waals surface area contributed by atoms with Crippen LogP contribution in [0.15, 0.2) is 53.6 Å². The smallest absolute Gasteiger partial charge is 0.329 e. The standard InChI is InChI=1S/C23H26N4O4/c1-14-9-10-15(2)19(13-14)25-20(28)12-11-18(26-27-23(31)22(24)30)16(3)21(29)17-7-5-4-6-8-17/h4-10,13,16H,11-12H2,1-3H3,(H2,24,30)(H,25,28)(H,27,31)/b26-18-/t16-/m1/s1. The largest absolute Gasteiger partial charge is 0.361 e. The normalized spacial score (nSPS) is 12.0. The predicted octanol–water partition coefficient (Wildman–Crippen LogP) is 2.50. The fourth-order valence-corrected chi connectivity index (χ4v) is 2.88. The first-order valence-electron chi connectivity index (χ1n) is 9.81. The van der Waals surface area contributed by atoms with Crippen LogP contribution in [0.3, 0.4) is 0 Å². The first-order valence-corrected chi connectivity index (χ1v) is 9.81. The summed E-state index contributed by atoms with van der Waals surface area (Å²) in [4.78, 5) is 47.8. The molecule has 0 fully saturated rings. The molecule has 0 saturated carbocycles. The summed E-state index contributed by atoms with van der Waals surface area (Å²) in [6.45, 7) is 5.45. The third kappa shape index (κ3) is 6.88. The Morgan fingerprint density at radius 2 is 1.68 bits per heavy atom. The number of nitrogens with two attached hydrogens (primary N) is 1. The number of aryl methyl sites for hydroxylation is 2. The summed E-state index contributed by atoms with van der Waals surface area (Å²) in [6, 6.07) is 14.4. The molecule has 8 nitrogen and oxygen atoms in total. The molecule has 3 amide bonds. The minimum Gasteiger partial charge on any atom is -0.361 e.